The van der Waals surface area contributed by atoms with Crippen LogP contribution in [0.1, 0.15) is 18.7 Å². The standard InChI is InChI=1S/C14H19BrN4/c1-10(13-7-8-16-19(13)4)17-12-9-11(15)5-6-14(12)18(2)3/h5-10,17H,1-4H3. The van der Waals surface area contributed by atoms with Crippen LogP contribution in [0.4, 0.5) is 11.4 Å². The van der Waals surface area contributed by atoms with Gasteiger partial charge in [-0.05, 0) is 31.2 Å². The molecular weight excluding hydrogens is 304 g/mol. The summed E-state index contributed by atoms with van der Waals surface area (Å²) in [7, 11) is 6.05. The molecule has 0 radical (unpaired) electrons. The van der Waals surface area contributed by atoms with Gasteiger partial charge >= 0.3 is 0 Å². The van der Waals surface area contributed by atoms with Crippen molar-refractivity contribution < 1.29 is 0 Å². The van der Waals surface area contributed by atoms with Crippen molar-refractivity contribution in [2.24, 2.45) is 7.05 Å². The largest absolute Gasteiger partial charge is 0.376 e. The molecule has 1 unspecified atom stereocenters. The van der Waals surface area contributed by atoms with Crippen molar-refractivity contribution in [3.05, 3.63) is 40.6 Å². The topological polar surface area (TPSA) is 33.1 Å². The molecule has 1 aromatic carbocycles. The molecule has 1 heterocycles. The molecule has 2 rings (SSSR count). The van der Waals surface area contributed by atoms with Crippen LogP contribution in [0.2, 0.25) is 0 Å². The minimum atomic E-state index is 0.195. The maximum atomic E-state index is 4.21. The molecule has 0 fully saturated rings. The Morgan fingerprint density at radius 3 is 2.63 bits per heavy atom. The van der Waals surface area contributed by atoms with Crippen LogP contribution >= 0.6 is 15.9 Å². The number of rotatable bonds is 4. The summed E-state index contributed by atoms with van der Waals surface area (Å²) in [5, 5.41) is 7.75. The molecule has 0 aliphatic rings. The first-order chi connectivity index (χ1) is 8.99. The van der Waals surface area contributed by atoms with Crippen molar-refractivity contribution in [2.45, 2.75) is 13.0 Å². The fourth-order valence-electron chi connectivity index (χ4n) is 2.13. The van der Waals surface area contributed by atoms with Gasteiger partial charge in [-0.15, -0.1) is 0 Å². The molecule has 0 aliphatic heterocycles. The Morgan fingerprint density at radius 2 is 2.05 bits per heavy atom. The lowest BCUT2D eigenvalue weighted by molar-refractivity contribution is 0.675. The van der Waals surface area contributed by atoms with Crippen molar-refractivity contribution in [2.75, 3.05) is 24.3 Å². The Hall–Kier alpha value is -1.49. The second-order valence-electron chi connectivity index (χ2n) is 4.80. The summed E-state index contributed by atoms with van der Waals surface area (Å²) < 4.78 is 2.96. The van der Waals surface area contributed by atoms with Gasteiger partial charge < -0.3 is 10.2 Å². The number of hydrogen-bond donors (Lipinski definition) is 1. The van der Waals surface area contributed by atoms with E-state index in [0.717, 1.165) is 21.5 Å². The molecule has 1 N–H and O–H groups in total. The van der Waals surface area contributed by atoms with Crippen molar-refractivity contribution in [1.29, 1.82) is 0 Å². The molecule has 19 heavy (non-hydrogen) atoms. The Bertz CT molecular complexity index is 562. The smallest absolute Gasteiger partial charge is 0.0654 e. The first kappa shape index (κ1) is 13.9. The van der Waals surface area contributed by atoms with E-state index in [-0.39, 0.29) is 6.04 Å². The number of benzene rings is 1. The van der Waals surface area contributed by atoms with Gasteiger partial charge in [-0.1, -0.05) is 15.9 Å². The highest BCUT2D eigenvalue weighted by Crippen LogP contribution is 2.30. The molecule has 0 amide bonds. The fourth-order valence-corrected chi connectivity index (χ4v) is 2.49. The predicted octanol–water partition coefficient (Wildman–Crippen LogP) is 3.42. The van der Waals surface area contributed by atoms with Gasteiger partial charge in [-0.3, -0.25) is 4.68 Å². The van der Waals surface area contributed by atoms with Crippen LogP contribution in [-0.2, 0) is 7.05 Å². The van der Waals surface area contributed by atoms with Gasteiger partial charge in [-0.25, -0.2) is 0 Å². The number of halogens is 1. The van der Waals surface area contributed by atoms with E-state index in [9.17, 15) is 0 Å². The molecule has 4 nitrogen and oxygen atoms in total. The van der Waals surface area contributed by atoms with Crippen LogP contribution in [0, 0.1) is 0 Å². The van der Waals surface area contributed by atoms with Gasteiger partial charge in [0.2, 0.25) is 0 Å². The Morgan fingerprint density at radius 1 is 1.32 bits per heavy atom. The van der Waals surface area contributed by atoms with Crippen LogP contribution in [-0.4, -0.2) is 23.9 Å². The predicted molar refractivity (Wildman–Crippen MR) is 83.7 cm³/mol. The van der Waals surface area contributed by atoms with Gasteiger partial charge in [0.05, 0.1) is 23.1 Å². The minimum Gasteiger partial charge on any atom is -0.376 e. The highest BCUT2D eigenvalue weighted by atomic mass is 79.9. The molecule has 0 spiro atoms. The van der Waals surface area contributed by atoms with E-state index in [2.05, 4.69) is 56.4 Å². The highest BCUT2D eigenvalue weighted by Gasteiger charge is 2.12. The fraction of sp³-hybridized carbons (Fsp3) is 0.357. The Balaban J connectivity index is 2.28. The third kappa shape index (κ3) is 3.10. The zero-order chi connectivity index (χ0) is 14.0. The molecule has 1 aromatic heterocycles. The zero-order valence-corrected chi connectivity index (χ0v) is 13.3. The number of anilines is 2. The molecule has 0 saturated heterocycles. The average Bonchev–Trinajstić information content (AvgIpc) is 2.75. The number of hydrogen-bond acceptors (Lipinski definition) is 3. The zero-order valence-electron chi connectivity index (χ0n) is 11.7. The molecule has 2 aromatic rings. The van der Waals surface area contributed by atoms with E-state index in [1.807, 2.05) is 38.1 Å². The van der Waals surface area contributed by atoms with Crippen molar-refractivity contribution in [3.8, 4) is 0 Å². The Labute approximate surface area is 122 Å². The van der Waals surface area contributed by atoms with Gasteiger partial charge in [0.1, 0.15) is 0 Å². The average molecular weight is 323 g/mol. The summed E-state index contributed by atoms with van der Waals surface area (Å²) in [6.45, 7) is 2.14. The number of nitrogens with zero attached hydrogens (tertiary/aromatic N) is 3. The summed E-state index contributed by atoms with van der Waals surface area (Å²) in [4.78, 5) is 2.10. The molecule has 1 atom stereocenters. The first-order valence-electron chi connectivity index (χ1n) is 6.20. The summed E-state index contributed by atoms with van der Waals surface area (Å²) in [5.74, 6) is 0. The molecule has 0 bridgehead atoms. The quantitative estimate of drug-likeness (QED) is 0.936. The molecule has 102 valence electrons. The summed E-state index contributed by atoms with van der Waals surface area (Å²) in [6, 6.07) is 8.48. The van der Waals surface area contributed by atoms with Crippen LogP contribution in [0.25, 0.3) is 0 Å². The van der Waals surface area contributed by atoms with E-state index < -0.39 is 0 Å². The van der Waals surface area contributed by atoms with E-state index in [1.54, 1.807) is 0 Å². The van der Waals surface area contributed by atoms with Crippen LogP contribution in [0.3, 0.4) is 0 Å². The number of aromatic nitrogens is 2. The summed E-state index contributed by atoms with van der Waals surface area (Å²) >= 11 is 3.52. The lowest BCUT2D eigenvalue weighted by Gasteiger charge is -2.22. The van der Waals surface area contributed by atoms with E-state index >= 15 is 0 Å². The summed E-state index contributed by atoms with van der Waals surface area (Å²) in [6.07, 6.45) is 1.82. The number of nitrogens with one attached hydrogen (secondary N) is 1. The van der Waals surface area contributed by atoms with Gasteiger partial charge in [-0.2, -0.15) is 5.10 Å². The second-order valence-corrected chi connectivity index (χ2v) is 5.72. The van der Waals surface area contributed by atoms with E-state index in [4.69, 9.17) is 0 Å². The molecular formula is C14H19BrN4. The van der Waals surface area contributed by atoms with E-state index in [1.165, 1.54) is 0 Å². The normalized spacial score (nSPS) is 12.3. The van der Waals surface area contributed by atoms with E-state index in [0.29, 0.717) is 0 Å². The van der Waals surface area contributed by atoms with Gasteiger partial charge in [0.15, 0.2) is 0 Å². The monoisotopic (exact) mass is 322 g/mol. The maximum absolute atomic E-state index is 4.21. The highest BCUT2D eigenvalue weighted by molar-refractivity contribution is 9.10. The third-order valence-electron chi connectivity index (χ3n) is 3.11. The third-order valence-corrected chi connectivity index (χ3v) is 3.61. The number of aryl methyl sites for hydroxylation is 1. The van der Waals surface area contributed by atoms with Crippen LogP contribution in [0.5, 0.6) is 0 Å². The second kappa shape index (κ2) is 5.65. The van der Waals surface area contributed by atoms with Gasteiger partial charge in [0, 0.05) is 31.8 Å². The lowest BCUT2D eigenvalue weighted by atomic mass is 10.2. The molecule has 0 saturated carbocycles. The van der Waals surface area contributed by atoms with Crippen LogP contribution < -0.4 is 10.2 Å². The minimum absolute atomic E-state index is 0.195. The SMILES string of the molecule is CC(Nc1cc(Br)ccc1N(C)C)c1ccnn1C. The maximum Gasteiger partial charge on any atom is 0.0654 e. The molecule has 5 heteroatoms. The van der Waals surface area contributed by atoms with Crippen molar-refractivity contribution >= 4 is 27.3 Å². The summed E-state index contributed by atoms with van der Waals surface area (Å²) in [5.41, 5.74) is 3.43. The van der Waals surface area contributed by atoms with Crippen LogP contribution in [0.15, 0.2) is 34.9 Å². The van der Waals surface area contributed by atoms with Crippen molar-refractivity contribution in [3.63, 3.8) is 0 Å². The lowest BCUT2D eigenvalue weighted by Crippen LogP contribution is -2.15. The molecule has 0 aliphatic carbocycles. The Kier molecular flexibility index (Phi) is 4.14. The van der Waals surface area contributed by atoms with Crippen molar-refractivity contribution in [1.82, 2.24) is 9.78 Å². The van der Waals surface area contributed by atoms with Gasteiger partial charge in [0.25, 0.3) is 0 Å². The first-order valence-corrected chi connectivity index (χ1v) is 6.99.